The number of ether oxygens (including phenoxy) is 1. The Morgan fingerprint density at radius 1 is 0.960 bits per heavy atom. The lowest BCUT2D eigenvalue weighted by atomic mass is 10.1. The summed E-state index contributed by atoms with van der Waals surface area (Å²) in [5, 5.41) is 8.23. The van der Waals surface area contributed by atoms with Crippen molar-refractivity contribution in [1.29, 1.82) is 0 Å². The topological polar surface area (TPSA) is 39.1 Å². The van der Waals surface area contributed by atoms with Crippen LogP contribution >= 0.6 is 0 Å². The maximum atomic E-state index is 5.28. The number of hydrogen-bond acceptors (Lipinski definition) is 3. The van der Waals surface area contributed by atoms with Gasteiger partial charge in [0, 0.05) is 24.3 Å². The molecule has 3 aromatic rings. The molecular formula is C21H25N3O. The SMILES string of the molecule is COc1cccc(CNCc2c(C)nn(Cc3ccccc3)c2C)c1. The van der Waals surface area contributed by atoms with Gasteiger partial charge in [-0.3, -0.25) is 4.68 Å². The molecule has 1 aromatic heterocycles. The van der Waals surface area contributed by atoms with E-state index in [1.54, 1.807) is 7.11 Å². The minimum atomic E-state index is 0.806. The highest BCUT2D eigenvalue weighted by Gasteiger charge is 2.11. The summed E-state index contributed by atoms with van der Waals surface area (Å²) < 4.78 is 7.37. The van der Waals surface area contributed by atoms with Gasteiger partial charge in [-0.25, -0.2) is 0 Å². The van der Waals surface area contributed by atoms with E-state index >= 15 is 0 Å². The molecule has 2 aromatic carbocycles. The summed E-state index contributed by atoms with van der Waals surface area (Å²) >= 11 is 0. The molecule has 0 saturated heterocycles. The third kappa shape index (κ3) is 4.28. The average molecular weight is 335 g/mol. The van der Waals surface area contributed by atoms with Crippen LogP contribution in [0.3, 0.4) is 0 Å². The van der Waals surface area contributed by atoms with Crippen LogP contribution in [0.4, 0.5) is 0 Å². The van der Waals surface area contributed by atoms with Crippen molar-refractivity contribution in [1.82, 2.24) is 15.1 Å². The van der Waals surface area contributed by atoms with Crippen LogP contribution in [0, 0.1) is 13.8 Å². The van der Waals surface area contributed by atoms with Crippen molar-refractivity contribution < 1.29 is 4.74 Å². The Kier molecular flexibility index (Phi) is 5.51. The van der Waals surface area contributed by atoms with Gasteiger partial charge in [0.05, 0.1) is 19.3 Å². The van der Waals surface area contributed by atoms with Gasteiger partial charge in [0.15, 0.2) is 0 Å². The lowest BCUT2D eigenvalue weighted by Gasteiger charge is -2.08. The first-order valence-electron chi connectivity index (χ1n) is 8.58. The van der Waals surface area contributed by atoms with Crippen LogP contribution in [0.1, 0.15) is 28.1 Å². The summed E-state index contributed by atoms with van der Waals surface area (Å²) in [6.07, 6.45) is 0. The van der Waals surface area contributed by atoms with Crippen LogP contribution in [0.2, 0.25) is 0 Å². The van der Waals surface area contributed by atoms with E-state index in [0.29, 0.717) is 0 Å². The maximum absolute atomic E-state index is 5.28. The lowest BCUT2D eigenvalue weighted by Crippen LogP contribution is -2.14. The second kappa shape index (κ2) is 7.99. The zero-order valence-corrected chi connectivity index (χ0v) is 15.1. The number of aryl methyl sites for hydroxylation is 1. The lowest BCUT2D eigenvalue weighted by molar-refractivity contribution is 0.414. The van der Waals surface area contributed by atoms with E-state index in [1.807, 2.05) is 18.2 Å². The van der Waals surface area contributed by atoms with Gasteiger partial charge in [-0.05, 0) is 37.1 Å². The van der Waals surface area contributed by atoms with Gasteiger partial charge in [0.2, 0.25) is 0 Å². The van der Waals surface area contributed by atoms with E-state index in [0.717, 1.165) is 31.1 Å². The highest BCUT2D eigenvalue weighted by atomic mass is 16.5. The largest absolute Gasteiger partial charge is 0.497 e. The normalized spacial score (nSPS) is 10.8. The second-order valence-corrected chi connectivity index (χ2v) is 6.25. The Morgan fingerprint density at radius 2 is 1.72 bits per heavy atom. The van der Waals surface area contributed by atoms with Crippen LogP contribution < -0.4 is 10.1 Å². The van der Waals surface area contributed by atoms with Crippen molar-refractivity contribution in [3.8, 4) is 5.75 Å². The molecule has 0 radical (unpaired) electrons. The summed E-state index contributed by atoms with van der Waals surface area (Å²) in [5.41, 5.74) is 6.07. The monoisotopic (exact) mass is 335 g/mol. The van der Waals surface area contributed by atoms with Gasteiger partial charge in [-0.2, -0.15) is 5.10 Å². The van der Waals surface area contributed by atoms with Gasteiger partial charge in [-0.15, -0.1) is 0 Å². The third-order valence-electron chi connectivity index (χ3n) is 4.47. The summed E-state index contributed by atoms with van der Waals surface area (Å²) in [6, 6.07) is 18.6. The fraction of sp³-hybridized carbons (Fsp3) is 0.286. The van der Waals surface area contributed by atoms with Crippen LogP contribution in [0.15, 0.2) is 54.6 Å². The molecule has 0 spiro atoms. The molecule has 0 atom stereocenters. The first kappa shape index (κ1) is 17.2. The summed E-state index contributed by atoms with van der Waals surface area (Å²) in [4.78, 5) is 0. The molecule has 130 valence electrons. The molecule has 0 aliphatic heterocycles. The maximum Gasteiger partial charge on any atom is 0.119 e. The molecule has 1 heterocycles. The molecule has 0 unspecified atom stereocenters. The van der Waals surface area contributed by atoms with Gasteiger partial charge in [0.1, 0.15) is 5.75 Å². The molecule has 1 N–H and O–H groups in total. The molecule has 0 bridgehead atoms. The van der Waals surface area contributed by atoms with E-state index in [2.05, 4.69) is 60.2 Å². The molecule has 0 amide bonds. The predicted octanol–water partition coefficient (Wildman–Crippen LogP) is 3.85. The molecule has 4 heteroatoms. The quantitative estimate of drug-likeness (QED) is 0.713. The Morgan fingerprint density at radius 3 is 2.48 bits per heavy atom. The van der Waals surface area contributed by atoms with Crippen molar-refractivity contribution in [2.45, 2.75) is 33.5 Å². The van der Waals surface area contributed by atoms with E-state index < -0.39 is 0 Å². The van der Waals surface area contributed by atoms with E-state index in [4.69, 9.17) is 9.84 Å². The summed E-state index contributed by atoms with van der Waals surface area (Å²) in [7, 11) is 1.69. The highest BCUT2D eigenvalue weighted by Crippen LogP contribution is 2.16. The third-order valence-corrected chi connectivity index (χ3v) is 4.47. The van der Waals surface area contributed by atoms with Crippen molar-refractivity contribution >= 4 is 0 Å². The number of nitrogens with zero attached hydrogens (tertiary/aromatic N) is 2. The number of aromatic nitrogens is 2. The van der Waals surface area contributed by atoms with Crippen molar-refractivity contribution in [3.63, 3.8) is 0 Å². The predicted molar refractivity (Wildman–Crippen MR) is 101 cm³/mol. The average Bonchev–Trinajstić information content (AvgIpc) is 2.90. The minimum absolute atomic E-state index is 0.806. The van der Waals surface area contributed by atoms with Gasteiger partial charge >= 0.3 is 0 Å². The van der Waals surface area contributed by atoms with Gasteiger partial charge < -0.3 is 10.1 Å². The first-order valence-corrected chi connectivity index (χ1v) is 8.58. The molecule has 0 aliphatic rings. The first-order chi connectivity index (χ1) is 12.2. The van der Waals surface area contributed by atoms with Crippen LogP contribution in [0.25, 0.3) is 0 Å². The van der Waals surface area contributed by atoms with Crippen molar-refractivity contribution in [3.05, 3.63) is 82.7 Å². The molecular weight excluding hydrogens is 310 g/mol. The van der Waals surface area contributed by atoms with E-state index in [-0.39, 0.29) is 0 Å². The van der Waals surface area contributed by atoms with E-state index in [9.17, 15) is 0 Å². The highest BCUT2D eigenvalue weighted by molar-refractivity contribution is 5.29. The number of nitrogens with one attached hydrogen (secondary N) is 1. The molecule has 3 rings (SSSR count). The molecule has 25 heavy (non-hydrogen) atoms. The fourth-order valence-corrected chi connectivity index (χ4v) is 3.01. The summed E-state index contributed by atoms with van der Waals surface area (Å²) in [6.45, 7) is 6.65. The number of hydrogen-bond donors (Lipinski definition) is 1. The summed E-state index contributed by atoms with van der Waals surface area (Å²) in [5.74, 6) is 0.891. The van der Waals surface area contributed by atoms with Crippen molar-refractivity contribution in [2.24, 2.45) is 0 Å². The van der Waals surface area contributed by atoms with Crippen LogP contribution in [-0.2, 0) is 19.6 Å². The fourth-order valence-electron chi connectivity index (χ4n) is 3.01. The van der Waals surface area contributed by atoms with E-state index in [1.165, 1.54) is 22.4 Å². The molecule has 0 aliphatic carbocycles. The Labute approximate surface area is 149 Å². The smallest absolute Gasteiger partial charge is 0.119 e. The molecule has 0 fully saturated rings. The Hall–Kier alpha value is -2.59. The molecule has 0 saturated carbocycles. The molecule has 4 nitrogen and oxygen atoms in total. The van der Waals surface area contributed by atoms with Gasteiger partial charge in [0.25, 0.3) is 0 Å². The zero-order chi connectivity index (χ0) is 17.6. The Bertz CT molecular complexity index is 824. The minimum Gasteiger partial charge on any atom is -0.497 e. The number of methoxy groups -OCH3 is 1. The van der Waals surface area contributed by atoms with Crippen LogP contribution in [0.5, 0.6) is 5.75 Å². The number of rotatable bonds is 7. The van der Waals surface area contributed by atoms with Crippen LogP contribution in [-0.4, -0.2) is 16.9 Å². The standard InChI is InChI=1S/C21H25N3O/c1-16-21(14-22-13-19-10-7-11-20(12-19)25-3)17(2)24(23-16)15-18-8-5-4-6-9-18/h4-12,22H,13-15H2,1-3H3. The number of benzene rings is 2. The zero-order valence-electron chi connectivity index (χ0n) is 15.1. The van der Waals surface area contributed by atoms with Crippen molar-refractivity contribution in [2.75, 3.05) is 7.11 Å². The second-order valence-electron chi connectivity index (χ2n) is 6.25. The Balaban J connectivity index is 1.64. The van der Waals surface area contributed by atoms with Gasteiger partial charge in [-0.1, -0.05) is 42.5 Å².